The first-order valence-electron chi connectivity index (χ1n) is 8.32. The number of likely N-dealkylation sites (tertiary alicyclic amines) is 1. The largest absolute Gasteiger partial charge is 0.375 e. The maximum atomic E-state index is 6.22. The predicted molar refractivity (Wildman–Crippen MR) is 78.1 cm³/mol. The average Bonchev–Trinajstić information content (AvgIpc) is 2.89. The number of hydrogen-bond acceptors (Lipinski definition) is 3. The van der Waals surface area contributed by atoms with Crippen LogP contribution in [-0.4, -0.2) is 42.3 Å². The van der Waals surface area contributed by atoms with E-state index in [-0.39, 0.29) is 5.60 Å². The molecule has 3 rings (SSSR count). The summed E-state index contributed by atoms with van der Waals surface area (Å²) in [7, 11) is 0. The summed E-state index contributed by atoms with van der Waals surface area (Å²) in [5.41, 5.74) is 6.32. The normalized spacial score (nSPS) is 37.6. The molecule has 0 amide bonds. The molecule has 3 heteroatoms. The van der Waals surface area contributed by atoms with Gasteiger partial charge >= 0.3 is 0 Å². The second-order valence-electron chi connectivity index (χ2n) is 7.14. The number of nitrogens with zero attached hydrogens (tertiary/aromatic N) is 1. The highest BCUT2D eigenvalue weighted by molar-refractivity contribution is 4.95. The van der Waals surface area contributed by atoms with Gasteiger partial charge in [-0.3, -0.25) is 4.90 Å². The van der Waals surface area contributed by atoms with Crippen LogP contribution in [0.4, 0.5) is 0 Å². The fourth-order valence-corrected chi connectivity index (χ4v) is 4.43. The highest BCUT2D eigenvalue weighted by atomic mass is 16.5. The minimum atomic E-state index is 0.244. The van der Waals surface area contributed by atoms with Crippen LogP contribution in [0, 0.1) is 5.92 Å². The van der Waals surface area contributed by atoms with Crippen molar-refractivity contribution in [3.8, 4) is 0 Å². The van der Waals surface area contributed by atoms with Crippen LogP contribution in [0.3, 0.4) is 0 Å². The Hall–Kier alpha value is -0.120. The van der Waals surface area contributed by atoms with E-state index < -0.39 is 0 Å². The lowest BCUT2D eigenvalue weighted by Gasteiger charge is -2.46. The minimum Gasteiger partial charge on any atom is -0.375 e. The molecule has 2 aliphatic heterocycles. The fourth-order valence-electron chi connectivity index (χ4n) is 4.43. The number of rotatable bonds is 2. The third-order valence-electron chi connectivity index (χ3n) is 5.75. The van der Waals surface area contributed by atoms with Crippen LogP contribution in [0.25, 0.3) is 0 Å². The molecule has 3 nitrogen and oxygen atoms in total. The Kier molecular flexibility index (Phi) is 4.16. The molecular weight excluding hydrogens is 236 g/mol. The quantitative estimate of drug-likeness (QED) is 0.835. The zero-order chi connectivity index (χ0) is 13.3. The van der Waals surface area contributed by atoms with Crippen LogP contribution in [-0.2, 0) is 4.74 Å². The van der Waals surface area contributed by atoms with E-state index in [1.165, 1.54) is 64.5 Å². The first-order valence-corrected chi connectivity index (χ1v) is 8.32. The van der Waals surface area contributed by atoms with Crippen LogP contribution in [0.1, 0.15) is 58.3 Å². The Morgan fingerprint density at radius 3 is 2.68 bits per heavy atom. The molecular formula is C16H30N2O. The zero-order valence-electron chi connectivity index (χ0n) is 12.4. The summed E-state index contributed by atoms with van der Waals surface area (Å²) < 4.78 is 6.22. The van der Waals surface area contributed by atoms with Crippen molar-refractivity contribution in [1.82, 2.24) is 4.90 Å². The van der Waals surface area contributed by atoms with E-state index in [0.29, 0.717) is 12.0 Å². The molecule has 3 unspecified atom stereocenters. The topological polar surface area (TPSA) is 38.5 Å². The van der Waals surface area contributed by atoms with Crippen LogP contribution in [0.2, 0.25) is 0 Å². The Balaban J connectivity index is 1.59. The third kappa shape index (κ3) is 2.98. The molecule has 1 saturated carbocycles. The lowest BCUT2D eigenvalue weighted by atomic mass is 9.78. The summed E-state index contributed by atoms with van der Waals surface area (Å²) in [6.45, 7) is 5.62. The molecule has 3 atom stereocenters. The molecule has 0 bridgehead atoms. The SMILES string of the molecule is CC(N)C1CCN(C2CCOC3(CCCCC3)C2)C1. The summed E-state index contributed by atoms with van der Waals surface area (Å²) in [6.07, 6.45) is 10.5. The molecule has 0 radical (unpaired) electrons. The van der Waals surface area contributed by atoms with E-state index in [0.717, 1.165) is 12.6 Å². The van der Waals surface area contributed by atoms with Crippen molar-refractivity contribution in [2.24, 2.45) is 11.7 Å². The smallest absolute Gasteiger partial charge is 0.0697 e. The second kappa shape index (κ2) is 5.71. The highest BCUT2D eigenvalue weighted by Crippen LogP contribution is 2.40. The first kappa shape index (κ1) is 13.8. The van der Waals surface area contributed by atoms with E-state index in [1.807, 2.05) is 0 Å². The highest BCUT2D eigenvalue weighted by Gasteiger charge is 2.41. The van der Waals surface area contributed by atoms with Gasteiger partial charge in [-0.15, -0.1) is 0 Å². The van der Waals surface area contributed by atoms with Crippen molar-refractivity contribution in [2.45, 2.75) is 76.0 Å². The number of nitrogens with two attached hydrogens (primary N) is 1. The summed E-state index contributed by atoms with van der Waals surface area (Å²) in [6, 6.07) is 1.11. The van der Waals surface area contributed by atoms with Gasteiger partial charge in [0.1, 0.15) is 0 Å². The van der Waals surface area contributed by atoms with Gasteiger partial charge < -0.3 is 10.5 Å². The van der Waals surface area contributed by atoms with Crippen molar-refractivity contribution in [3.05, 3.63) is 0 Å². The molecule has 19 heavy (non-hydrogen) atoms. The Labute approximate surface area is 117 Å². The van der Waals surface area contributed by atoms with E-state index >= 15 is 0 Å². The van der Waals surface area contributed by atoms with Crippen LogP contribution >= 0.6 is 0 Å². The summed E-state index contributed by atoms with van der Waals surface area (Å²) >= 11 is 0. The molecule has 0 aromatic carbocycles. The van der Waals surface area contributed by atoms with E-state index in [4.69, 9.17) is 10.5 Å². The Morgan fingerprint density at radius 2 is 2.00 bits per heavy atom. The van der Waals surface area contributed by atoms with Crippen LogP contribution < -0.4 is 5.73 Å². The van der Waals surface area contributed by atoms with Crippen LogP contribution in [0.5, 0.6) is 0 Å². The summed E-state index contributed by atoms with van der Waals surface area (Å²) in [5, 5.41) is 0. The van der Waals surface area contributed by atoms with Gasteiger partial charge in [0.15, 0.2) is 0 Å². The summed E-state index contributed by atoms with van der Waals surface area (Å²) in [5.74, 6) is 0.713. The second-order valence-corrected chi connectivity index (χ2v) is 7.14. The van der Waals surface area contributed by atoms with Gasteiger partial charge in [-0.25, -0.2) is 0 Å². The molecule has 110 valence electrons. The first-order chi connectivity index (χ1) is 9.19. The van der Waals surface area contributed by atoms with Crippen molar-refractivity contribution in [2.75, 3.05) is 19.7 Å². The maximum absolute atomic E-state index is 6.22. The molecule has 2 heterocycles. The minimum absolute atomic E-state index is 0.244. The lowest BCUT2D eigenvalue weighted by Crippen LogP contribution is -2.49. The fraction of sp³-hybridized carbons (Fsp3) is 1.00. The molecule has 2 N–H and O–H groups in total. The van der Waals surface area contributed by atoms with Gasteiger partial charge in [-0.2, -0.15) is 0 Å². The van der Waals surface area contributed by atoms with E-state index in [1.54, 1.807) is 0 Å². The predicted octanol–water partition coefficient (Wildman–Crippen LogP) is 2.54. The third-order valence-corrected chi connectivity index (χ3v) is 5.75. The van der Waals surface area contributed by atoms with Gasteiger partial charge in [0.2, 0.25) is 0 Å². The van der Waals surface area contributed by atoms with Gasteiger partial charge in [-0.1, -0.05) is 19.3 Å². The van der Waals surface area contributed by atoms with Crippen LogP contribution in [0.15, 0.2) is 0 Å². The van der Waals surface area contributed by atoms with Crippen molar-refractivity contribution in [3.63, 3.8) is 0 Å². The standard InChI is InChI=1S/C16H30N2O/c1-13(17)14-5-9-18(12-14)15-6-10-19-16(11-15)7-3-2-4-8-16/h13-15H,2-12,17H2,1H3. The molecule has 0 aromatic rings. The van der Waals surface area contributed by atoms with Crippen molar-refractivity contribution >= 4 is 0 Å². The van der Waals surface area contributed by atoms with Gasteiger partial charge in [-0.05, 0) is 51.5 Å². The molecule has 0 aromatic heterocycles. The molecule has 2 saturated heterocycles. The van der Waals surface area contributed by atoms with E-state index in [2.05, 4.69) is 11.8 Å². The average molecular weight is 266 g/mol. The maximum Gasteiger partial charge on any atom is 0.0697 e. The van der Waals surface area contributed by atoms with Crippen molar-refractivity contribution < 1.29 is 4.74 Å². The zero-order valence-corrected chi connectivity index (χ0v) is 12.4. The Morgan fingerprint density at radius 1 is 1.21 bits per heavy atom. The monoisotopic (exact) mass is 266 g/mol. The number of hydrogen-bond donors (Lipinski definition) is 1. The number of ether oxygens (including phenoxy) is 1. The lowest BCUT2D eigenvalue weighted by molar-refractivity contribution is -0.122. The summed E-state index contributed by atoms with van der Waals surface area (Å²) in [4.78, 5) is 2.72. The Bertz CT molecular complexity index is 294. The molecule has 3 fully saturated rings. The van der Waals surface area contributed by atoms with E-state index in [9.17, 15) is 0 Å². The van der Waals surface area contributed by atoms with Gasteiger partial charge in [0.25, 0.3) is 0 Å². The molecule has 1 spiro atoms. The molecule has 1 aliphatic carbocycles. The van der Waals surface area contributed by atoms with Gasteiger partial charge in [0.05, 0.1) is 5.60 Å². The van der Waals surface area contributed by atoms with Gasteiger partial charge in [0, 0.05) is 25.2 Å². The molecule has 3 aliphatic rings. The van der Waals surface area contributed by atoms with Crippen molar-refractivity contribution in [1.29, 1.82) is 0 Å².